The maximum Gasteiger partial charge on any atom is 0.294 e. The molecule has 4 aromatic rings. The number of carbonyl (C=O) groups is 1. The van der Waals surface area contributed by atoms with Gasteiger partial charge in [0.15, 0.2) is 5.69 Å². The highest BCUT2D eigenvalue weighted by atomic mass is 19.1. The van der Waals surface area contributed by atoms with Crippen molar-refractivity contribution in [3.8, 4) is 17.1 Å². The van der Waals surface area contributed by atoms with Crippen molar-refractivity contribution in [2.24, 2.45) is 5.10 Å². The third-order valence-electron chi connectivity index (χ3n) is 4.27. The third kappa shape index (κ3) is 3.85. The Kier molecular flexibility index (Phi) is 5.18. The summed E-state index contributed by atoms with van der Waals surface area (Å²) in [5.41, 5.74) is 8.98. The minimum Gasteiger partial charge on any atom is -0.378 e. The van der Waals surface area contributed by atoms with Gasteiger partial charge in [0.25, 0.3) is 5.91 Å². The molecular weight excluding hydrogens is 410 g/mol. The fourth-order valence-corrected chi connectivity index (χ4v) is 2.81. The molecule has 0 aliphatic carbocycles. The number of hydrogen-bond donors (Lipinski definition) is 2. The lowest BCUT2D eigenvalue weighted by atomic mass is 10.1. The van der Waals surface area contributed by atoms with E-state index in [2.05, 4.69) is 35.8 Å². The van der Waals surface area contributed by atoms with E-state index in [1.165, 1.54) is 17.7 Å². The second-order valence-corrected chi connectivity index (χ2v) is 6.30. The maximum absolute atomic E-state index is 13.9. The number of nitrogens with zero attached hydrogens (tertiary/aromatic N) is 6. The minimum atomic E-state index is -0.805. The number of amides is 1. The smallest absolute Gasteiger partial charge is 0.294 e. The van der Waals surface area contributed by atoms with Gasteiger partial charge in [-0.2, -0.15) is 9.78 Å². The second-order valence-electron chi connectivity index (χ2n) is 6.30. The van der Waals surface area contributed by atoms with Crippen molar-refractivity contribution in [3.63, 3.8) is 0 Å². The zero-order valence-electron chi connectivity index (χ0n) is 16.0. The van der Waals surface area contributed by atoms with Crippen LogP contribution in [0.2, 0.25) is 0 Å². The summed E-state index contributed by atoms with van der Waals surface area (Å²) < 4.78 is 32.9. The van der Waals surface area contributed by atoms with E-state index < -0.39 is 17.5 Å². The Morgan fingerprint density at radius 1 is 1.16 bits per heavy atom. The van der Waals surface area contributed by atoms with E-state index in [4.69, 9.17) is 5.73 Å². The molecule has 0 unspecified atom stereocenters. The Bertz CT molecular complexity index is 1280. The molecule has 2 heterocycles. The maximum atomic E-state index is 13.9. The van der Waals surface area contributed by atoms with Gasteiger partial charge in [-0.15, -0.1) is 5.10 Å². The zero-order valence-corrected chi connectivity index (χ0v) is 16.0. The quantitative estimate of drug-likeness (QED) is 0.370. The van der Waals surface area contributed by atoms with Gasteiger partial charge >= 0.3 is 0 Å². The average Bonchev–Trinajstić information content (AvgIpc) is 3.38. The second kappa shape index (κ2) is 8.10. The highest BCUT2D eigenvalue weighted by Gasteiger charge is 2.25. The van der Waals surface area contributed by atoms with E-state index in [0.717, 1.165) is 12.1 Å². The van der Waals surface area contributed by atoms with Crippen molar-refractivity contribution in [1.82, 2.24) is 30.7 Å². The van der Waals surface area contributed by atoms with Crippen LogP contribution < -0.4 is 11.2 Å². The van der Waals surface area contributed by atoms with Crippen LogP contribution in [0.5, 0.6) is 0 Å². The molecule has 4 rings (SSSR count). The molecule has 31 heavy (non-hydrogen) atoms. The SMILES string of the molecule is CC(=NNC(=O)c1nnn(-c2nonc2N)c1-c1ccccc1)c1ccc(F)cc1F. The molecule has 10 nitrogen and oxygen atoms in total. The van der Waals surface area contributed by atoms with Gasteiger partial charge in [0.05, 0.1) is 5.71 Å². The first-order valence-corrected chi connectivity index (χ1v) is 8.85. The molecular formula is C19H14F2N8O2. The minimum absolute atomic E-state index is 0.0371. The van der Waals surface area contributed by atoms with Gasteiger partial charge < -0.3 is 5.73 Å². The highest BCUT2D eigenvalue weighted by molar-refractivity contribution is 6.02. The molecule has 2 aromatic heterocycles. The van der Waals surface area contributed by atoms with Crippen LogP contribution in [-0.2, 0) is 0 Å². The lowest BCUT2D eigenvalue weighted by molar-refractivity contribution is 0.0950. The highest BCUT2D eigenvalue weighted by Crippen LogP contribution is 2.26. The molecule has 0 spiro atoms. The summed E-state index contributed by atoms with van der Waals surface area (Å²) in [6.07, 6.45) is 0. The van der Waals surface area contributed by atoms with Crippen LogP contribution in [0.4, 0.5) is 14.6 Å². The van der Waals surface area contributed by atoms with Crippen molar-refractivity contribution in [3.05, 3.63) is 71.4 Å². The fraction of sp³-hybridized carbons (Fsp3) is 0.0526. The molecule has 156 valence electrons. The molecule has 3 N–H and O–H groups in total. The number of hydrogen-bond acceptors (Lipinski definition) is 8. The van der Waals surface area contributed by atoms with E-state index in [1.807, 2.05) is 0 Å². The summed E-state index contributed by atoms with van der Waals surface area (Å²) in [5.74, 6) is -2.24. The summed E-state index contributed by atoms with van der Waals surface area (Å²) in [4.78, 5) is 12.8. The molecule has 0 bridgehead atoms. The van der Waals surface area contributed by atoms with Crippen LogP contribution in [0.1, 0.15) is 23.0 Å². The molecule has 0 fully saturated rings. The summed E-state index contributed by atoms with van der Waals surface area (Å²) in [7, 11) is 0. The number of carbonyl (C=O) groups excluding carboxylic acids is 1. The van der Waals surface area contributed by atoms with Gasteiger partial charge in [0.1, 0.15) is 17.3 Å². The largest absolute Gasteiger partial charge is 0.378 e. The Balaban J connectivity index is 1.70. The number of aromatic nitrogens is 5. The number of nitrogens with one attached hydrogen (secondary N) is 1. The Labute approximate surface area is 173 Å². The summed E-state index contributed by atoms with van der Waals surface area (Å²) >= 11 is 0. The Hall–Kier alpha value is -4.48. The van der Waals surface area contributed by atoms with E-state index in [9.17, 15) is 13.6 Å². The predicted molar refractivity (Wildman–Crippen MR) is 105 cm³/mol. The first-order chi connectivity index (χ1) is 15.0. The third-order valence-corrected chi connectivity index (χ3v) is 4.27. The summed E-state index contributed by atoms with van der Waals surface area (Å²) in [6.45, 7) is 1.47. The number of hydrazone groups is 1. The average molecular weight is 424 g/mol. The van der Waals surface area contributed by atoms with Gasteiger partial charge in [0, 0.05) is 17.2 Å². The van der Waals surface area contributed by atoms with Crippen LogP contribution in [0.15, 0.2) is 58.3 Å². The lowest BCUT2D eigenvalue weighted by Gasteiger charge is -2.06. The number of halogens is 2. The molecule has 0 radical (unpaired) electrons. The zero-order chi connectivity index (χ0) is 22.0. The summed E-state index contributed by atoms with van der Waals surface area (Å²) in [5, 5.41) is 18.9. The number of nitrogen functional groups attached to an aromatic ring is 1. The van der Waals surface area contributed by atoms with Gasteiger partial charge in [-0.1, -0.05) is 35.5 Å². The van der Waals surface area contributed by atoms with Crippen molar-refractivity contribution in [1.29, 1.82) is 0 Å². The predicted octanol–water partition coefficient (Wildman–Crippen LogP) is 2.33. The summed E-state index contributed by atoms with van der Waals surface area (Å²) in [6, 6.07) is 11.8. The van der Waals surface area contributed by atoms with E-state index in [1.54, 1.807) is 30.3 Å². The van der Waals surface area contributed by atoms with Crippen LogP contribution in [0.25, 0.3) is 17.1 Å². The topological polar surface area (TPSA) is 137 Å². The Morgan fingerprint density at radius 2 is 1.94 bits per heavy atom. The van der Waals surface area contributed by atoms with Crippen molar-refractivity contribution in [2.75, 3.05) is 5.73 Å². The first kappa shape index (κ1) is 19.8. The molecule has 12 heteroatoms. The molecule has 0 saturated heterocycles. The number of anilines is 1. The number of benzene rings is 2. The van der Waals surface area contributed by atoms with Gasteiger partial charge in [-0.3, -0.25) is 4.79 Å². The van der Waals surface area contributed by atoms with Crippen molar-refractivity contribution in [2.45, 2.75) is 6.92 Å². The van der Waals surface area contributed by atoms with E-state index in [0.29, 0.717) is 5.56 Å². The van der Waals surface area contributed by atoms with Crippen LogP contribution in [-0.4, -0.2) is 36.9 Å². The standard InChI is InChI=1S/C19H14F2N8O2/c1-10(13-8-7-12(20)9-14(13)21)23-25-19(30)15-16(11-5-3-2-4-6-11)29(28-24-15)18-17(22)26-31-27-18/h2-9H,1H3,(H2,22,26)(H,25,30). The molecule has 0 aliphatic heterocycles. The number of nitrogens with two attached hydrogens (primary N) is 1. The monoisotopic (exact) mass is 424 g/mol. The molecule has 0 atom stereocenters. The fourth-order valence-electron chi connectivity index (χ4n) is 2.81. The van der Waals surface area contributed by atoms with Crippen LogP contribution in [0.3, 0.4) is 0 Å². The van der Waals surface area contributed by atoms with Gasteiger partial charge in [-0.25, -0.2) is 18.8 Å². The molecule has 2 aromatic carbocycles. The molecule has 0 saturated carbocycles. The molecule has 1 amide bonds. The van der Waals surface area contributed by atoms with Crippen LogP contribution in [0, 0.1) is 11.6 Å². The lowest BCUT2D eigenvalue weighted by Crippen LogP contribution is -2.21. The van der Waals surface area contributed by atoms with Gasteiger partial charge in [-0.05, 0) is 29.4 Å². The number of rotatable bonds is 5. The van der Waals surface area contributed by atoms with E-state index in [-0.39, 0.29) is 34.3 Å². The van der Waals surface area contributed by atoms with Crippen LogP contribution >= 0.6 is 0 Å². The van der Waals surface area contributed by atoms with Gasteiger partial charge in [0.2, 0.25) is 11.6 Å². The first-order valence-electron chi connectivity index (χ1n) is 8.85. The Morgan fingerprint density at radius 3 is 2.61 bits per heavy atom. The van der Waals surface area contributed by atoms with Crippen molar-refractivity contribution >= 4 is 17.4 Å². The molecule has 0 aliphatic rings. The van der Waals surface area contributed by atoms with E-state index >= 15 is 0 Å². The van der Waals surface area contributed by atoms with Crippen molar-refractivity contribution < 1.29 is 18.2 Å². The normalized spacial score (nSPS) is 11.5.